The standard InChI is InChI=1S/C13H22N4/c1-10(13(15)8-11(2)14)9-16-12(3)17-6-4-5-7-17/h8-9,15H,4-7,14H2,1-3H3/b10-9+,11-8+,15-13?,16-12+. The summed E-state index contributed by atoms with van der Waals surface area (Å²) in [6.45, 7) is 7.87. The first-order valence-corrected chi connectivity index (χ1v) is 5.99. The van der Waals surface area contributed by atoms with E-state index in [1.807, 2.05) is 13.8 Å². The molecule has 0 unspecified atom stereocenters. The summed E-state index contributed by atoms with van der Waals surface area (Å²) < 4.78 is 0. The van der Waals surface area contributed by atoms with Crippen LogP contribution >= 0.6 is 0 Å². The molecule has 0 atom stereocenters. The summed E-state index contributed by atoms with van der Waals surface area (Å²) in [6.07, 6.45) is 5.89. The largest absolute Gasteiger partial charge is 0.402 e. The highest BCUT2D eigenvalue weighted by Gasteiger charge is 2.11. The Kier molecular flexibility index (Phi) is 4.94. The molecule has 0 aliphatic carbocycles. The molecule has 17 heavy (non-hydrogen) atoms. The van der Waals surface area contributed by atoms with E-state index in [1.54, 1.807) is 19.2 Å². The molecule has 0 aromatic rings. The maximum Gasteiger partial charge on any atom is 0.101 e. The van der Waals surface area contributed by atoms with E-state index in [-0.39, 0.29) is 0 Å². The zero-order valence-electron chi connectivity index (χ0n) is 11.0. The molecule has 0 saturated carbocycles. The van der Waals surface area contributed by atoms with Gasteiger partial charge in [-0.1, -0.05) is 0 Å². The van der Waals surface area contributed by atoms with Crippen molar-refractivity contribution in [3.05, 3.63) is 23.5 Å². The van der Waals surface area contributed by atoms with Crippen molar-refractivity contribution in [2.45, 2.75) is 33.6 Å². The van der Waals surface area contributed by atoms with Crippen LogP contribution in [0.2, 0.25) is 0 Å². The Hall–Kier alpha value is -1.58. The van der Waals surface area contributed by atoms with Gasteiger partial charge in [0.2, 0.25) is 0 Å². The number of likely N-dealkylation sites (tertiary alicyclic amines) is 1. The van der Waals surface area contributed by atoms with Gasteiger partial charge in [-0.3, -0.25) is 0 Å². The Balaban J connectivity index is 2.65. The van der Waals surface area contributed by atoms with Crippen LogP contribution in [-0.4, -0.2) is 29.5 Å². The maximum absolute atomic E-state index is 7.77. The first-order chi connectivity index (χ1) is 8.00. The van der Waals surface area contributed by atoms with Gasteiger partial charge in [-0.2, -0.15) is 0 Å². The van der Waals surface area contributed by atoms with Crippen molar-refractivity contribution in [1.29, 1.82) is 5.41 Å². The minimum atomic E-state index is 0.419. The number of nitrogens with one attached hydrogen (secondary N) is 1. The topological polar surface area (TPSA) is 65.5 Å². The number of hydrogen-bond acceptors (Lipinski definition) is 3. The average molecular weight is 234 g/mol. The summed E-state index contributed by atoms with van der Waals surface area (Å²) in [6, 6.07) is 0. The molecule has 1 aliphatic rings. The Morgan fingerprint density at radius 3 is 2.35 bits per heavy atom. The lowest BCUT2D eigenvalue weighted by Crippen LogP contribution is -2.24. The average Bonchev–Trinajstić information content (AvgIpc) is 2.77. The predicted molar refractivity (Wildman–Crippen MR) is 73.3 cm³/mol. The fourth-order valence-corrected chi connectivity index (χ4v) is 1.72. The summed E-state index contributed by atoms with van der Waals surface area (Å²) in [5.74, 6) is 1.03. The highest BCUT2D eigenvalue weighted by Crippen LogP contribution is 2.08. The first kappa shape index (κ1) is 13.5. The third-order valence-electron chi connectivity index (χ3n) is 2.81. The van der Waals surface area contributed by atoms with Crippen molar-refractivity contribution in [3.8, 4) is 0 Å². The fraction of sp³-hybridized carbons (Fsp3) is 0.538. The number of nitrogens with zero attached hydrogens (tertiary/aromatic N) is 2. The normalized spacial score (nSPS) is 18.8. The minimum absolute atomic E-state index is 0.419. The third kappa shape index (κ3) is 4.43. The lowest BCUT2D eigenvalue weighted by atomic mass is 10.2. The molecule has 0 spiro atoms. The fourth-order valence-electron chi connectivity index (χ4n) is 1.72. The van der Waals surface area contributed by atoms with Gasteiger partial charge in [-0.25, -0.2) is 4.99 Å². The molecule has 94 valence electrons. The van der Waals surface area contributed by atoms with Crippen LogP contribution in [0, 0.1) is 5.41 Å². The number of aliphatic imine (C=N–C) groups is 1. The molecular weight excluding hydrogens is 212 g/mol. The zero-order valence-corrected chi connectivity index (χ0v) is 11.0. The Labute approximate surface area is 103 Å². The van der Waals surface area contributed by atoms with E-state index in [1.165, 1.54) is 12.8 Å². The van der Waals surface area contributed by atoms with Gasteiger partial charge in [0.15, 0.2) is 0 Å². The van der Waals surface area contributed by atoms with Gasteiger partial charge >= 0.3 is 0 Å². The van der Waals surface area contributed by atoms with Gasteiger partial charge in [-0.15, -0.1) is 0 Å². The van der Waals surface area contributed by atoms with Gasteiger partial charge in [0.1, 0.15) is 5.84 Å². The van der Waals surface area contributed by atoms with Crippen LogP contribution in [0.1, 0.15) is 33.6 Å². The van der Waals surface area contributed by atoms with Gasteiger partial charge in [-0.05, 0) is 45.3 Å². The molecule has 1 saturated heterocycles. The van der Waals surface area contributed by atoms with Crippen LogP contribution in [0.25, 0.3) is 0 Å². The first-order valence-electron chi connectivity index (χ1n) is 5.99. The second kappa shape index (κ2) is 6.23. The van der Waals surface area contributed by atoms with Crippen molar-refractivity contribution >= 4 is 11.5 Å². The van der Waals surface area contributed by atoms with E-state index in [0.29, 0.717) is 11.4 Å². The zero-order chi connectivity index (χ0) is 12.8. The van der Waals surface area contributed by atoms with Crippen LogP contribution < -0.4 is 5.73 Å². The van der Waals surface area contributed by atoms with Crippen molar-refractivity contribution in [3.63, 3.8) is 0 Å². The molecule has 0 amide bonds. The van der Waals surface area contributed by atoms with Gasteiger partial charge in [0.05, 0.1) is 5.71 Å². The molecule has 1 aliphatic heterocycles. The summed E-state index contributed by atoms with van der Waals surface area (Å²) in [5.41, 5.74) is 7.42. The molecule has 0 radical (unpaired) electrons. The van der Waals surface area contributed by atoms with Gasteiger partial charge in [0, 0.05) is 25.0 Å². The Bertz CT molecular complexity index is 367. The molecular formula is C13H22N4. The van der Waals surface area contributed by atoms with Crippen LogP contribution in [0.5, 0.6) is 0 Å². The summed E-state index contributed by atoms with van der Waals surface area (Å²) >= 11 is 0. The van der Waals surface area contributed by atoms with Crippen LogP contribution in [0.4, 0.5) is 0 Å². The minimum Gasteiger partial charge on any atom is -0.402 e. The molecule has 1 fully saturated rings. The van der Waals surface area contributed by atoms with E-state index in [4.69, 9.17) is 11.1 Å². The van der Waals surface area contributed by atoms with E-state index < -0.39 is 0 Å². The lowest BCUT2D eigenvalue weighted by molar-refractivity contribution is 0.516. The second-order valence-corrected chi connectivity index (χ2v) is 4.48. The summed E-state index contributed by atoms with van der Waals surface area (Å²) in [5, 5.41) is 7.77. The van der Waals surface area contributed by atoms with Gasteiger partial charge in [0.25, 0.3) is 0 Å². The van der Waals surface area contributed by atoms with E-state index in [2.05, 4.69) is 9.89 Å². The Morgan fingerprint density at radius 1 is 1.24 bits per heavy atom. The van der Waals surface area contributed by atoms with Crippen LogP contribution in [0.3, 0.4) is 0 Å². The molecule has 1 rings (SSSR count). The highest BCUT2D eigenvalue weighted by atomic mass is 15.2. The van der Waals surface area contributed by atoms with Crippen molar-refractivity contribution in [1.82, 2.24) is 4.90 Å². The van der Waals surface area contributed by atoms with Crippen molar-refractivity contribution in [2.75, 3.05) is 13.1 Å². The SMILES string of the molecule is C/C(N)=C\C(=N)/C(C)=C/N=C(\C)N1CCCC1. The summed E-state index contributed by atoms with van der Waals surface area (Å²) in [7, 11) is 0. The molecule has 0 aromatic heterocycles. The summed E-state index contributed by atoms with van der Waals surface area (Å²) in [4.78, 5) is 6.68. The monoisotopic (exact) mass is 234 g/mol. The Morgan fingerprint density at radius 2 is 1.82 bits per heavy atom. The van der Waals surface area contributed by atoms with Crippen LogP contribution in [0.15, 0.2) is 28.5 Å². The maximum atomic E-state index is 7.77. The predicted octanol–water partition coefficient (Wildman–Crippen LogP) is 2.29. The molecule has 0 aromatic carbocycles. The molecule has 4 heteroatoms. The molecule has 1 heterocycles. The lowest BCUT2D eigenvalue weighted by Gasteiger charge is -2.15. The number of rotatable bonds is 3. The molecule has 3 N–H and O–H groups in total. The van der Waals surface area contributed by atoms with Crippen molar-refractivity contribution in [2.24, 2.45) is 10.7 Å². The van der Waals surface area contributed by atoms with Crippen LogP contribution in [-0.2, 0) is 0 Å². The van der Waals surface area contributed by atoms with E-state index in [0.717, 1.165) is 24.5 Å². The highest BCUT2D eigenvalue weighted by molar-refractivity contribution is 6.06. The number of amidine groups is 1. The van der Waals surface area contributed by atoms with E-state index >= 15 is 0 Å². The third-order valence-corrected chi connectivity index (χ3v) is 2.81. The smallest absolute Gasteiger partial charge is 0.101 e. The van der Waals surface area contributed by atoms with Gasteiger partial charge < -0.3 is 16.0 Å². The van der Waals surface area contributed by atoms with E-state index in [9.17, 15) is 0 Å². The second-order valence-electron chi connectivity index (χ2n) is 4.48. The van der Waals surface area contributed by atoms with Crippen molar-refractivity contribution < 1.29 is 0 Å². The number of nitrogens with two attached hydrogens (primary N) is 1. The molecule has 4 nitrogen and oxygen atoms in total. The molecule has 0 bridgehead atoms. The number of hydrogen-bond donors (Lipinski definition) is 2. The quantitative estimate of drug-likeness (QED) is 0.581. The number of allylic oxidation sites excluding steroid dienone is 3.